The SMILES string of the molecule is C=CCC(NC(=O)N(C)CC1CCCO1)C(=O)O. The number of hydrogen-bond donors (Lipinski definition) is 2. The number of aliphatic carboxylic acids is 1. The van der Waals surface area contributed by atoms with Crippen LogP contribution in [0.5, 0.6) is 0 Å². The Hall–Kier alpha value is -1.56. The third-order valence-corrected chi connectivity index (χ3v) is 2.85. The average Bonchev–Trinajstić information content (AvgIpc) is 2.80. The minimum absolute atomic E-state index is 0.0587. The molecule has 1 aliphatic heterocycles. The lowest BCUT2D eigenvalue weighted by atomic mass is 10.2. The fourth-order valence-corrected chi connectivity index (χ4v) is 1.82. The smallest absolute Gasteiger partial charge is 0.326 e. The molecule has 1 aliphatic rings. The van der Waals surface area contributed by atoms with E-state index in [1.807, 2.05) is 0 Å². The number of rotatable bonds is 6. The van der Waals surface area contributed by atoms with Crippen molar-refractivity contribution in [1.29, 1.82) is 0 Å². The number of carbonyl (C=O) groups excluding carboxylic acids is 1. The largest absolute Gasteiger partial charge is 0.480 e. The summed E-state index contributed by atoms with van der Waals surface area (Å²) >= 11 is 0. The van der Waals surface area contributed by atoms with Crippen LogP contribution in [0.2, 0.25) is 0 Å². The van der Waals surface area contributed by atoms with Crippen molar-refractivity contribution in [3.63, 3.8) is 0 Å². The Morgan fingerprint density at radius 1 is 1.67 bits per heavy atom. The zero-order valence-electron chi connectivity index (χ0n) is 10.6. The first-order chi connectivity index (χ1) is 8.54. The number of carbonyl (C=O) groups is 2. The minimum atomic E-state index is -1.06. The molecule has 0 aromatic carbocycles. The van der Waals surface area contributed by atoms with Crippen molar-refractivity contribution in [3.8, 4) is 0 Å². The monoisotopic (exact) mass is 256 g/mol. The predicted octanol–water partition coefficient (Wildman–Crippen LogP) is 0.836. The Balaban J connectivity index is 2.41. The molecule has 0 aromatic heterocycles. The van der Waals surface area contributed by atoms with Gasteiger partial charge in [-0.1, -0.05) is 6.08 Å². The molecule has 2 amide bonds. The van der Waals surface area contributed by atoms with Gasteiger partial charge in [-0.2, -0.15) is 0 Å². The summed E-state index contributed by atoms with van der Waals surface area (Å²) in [5.74, 6) is -1.06. The number of nitrogens with zero attached hydrogens (tertiary/aromatic N) is 1. The van der Waals surface area contributed by atoms with Gasteiger partial charge < -0.3 is 20.1 Å². The summed E-state index contributed by atoms with van der Waals surface area (Å²) in [5, 5.41) is 11.4. The quantitative estimate of drug-likeness (QED) is 0.690. The molecule has 1 fully saturated rings. The first kappa shape index (κ1) is 14.5. The molecular weight excluding hydrogens is 236 g/mol. The van der Waals surface area contributed by atoms with Crippen LogP contribution in [0.3, 0.4) is 0 Å². The van der Waals surface area contributed by atoms with E-state index in [-0.39, 0.29) is 12.5 Å². The maximum Gasteiger partial charge on any atom is 0.326 e. The minimum Gasteiger partial charge on any atom is -0.480 e. The Labute approximate surface area is 107 Å². The zero-order valence-corrected chi connectivity index (χ0v) is 10.6. The van der Waals surface area contributed by atoms with Gasteiger partial charge in [0.15, 0.2) is 0 Å². The van der Waals surface area contributed by atoms with Crippen LogP contribution in [-0.4, -0.2) is 54.4 Å². The van der Waals surface area contributed by atoms with Crippen LogP contribution in [-0.2, 0) is 9.53 Å². The molecule has 18 heavy (non-hydrogen) atoms. The molecule has 0 aromatic rings. The van der Waals surface area contributed by atoms with Gasteiger partial charge in [-0.15, -0.1) is 6.58 Å². The molecule has 1 saturated heterocycles. The molecule has 0 radical (unpaired) electrons. The van der Waals surface area contributed by atoms with E-state index in [4.69, 9.17) is 9.84 Å². The fraction of sp³-hybridized carbons (Fsp3) is 0.667. The highest BCUT2D eigenvalue weighted by molar-refractivity contribution is 5.82. The number of amides is 2. The number of likely N-dealkylation sites (N-methyl/N-ethyl adjacent to an activating group) is 1. The van der Waals surface area contributed by atoms with Gasteiger partial charge in [0.2, 0.25) is 0 Å². The summed E-state index contributed by atoms with van der Waals surface area (Å²) in [6.45, 7) is 4.68. The molecule has 2 unspecified atom stereocenters. The molecule has 0 aliphatic carbocycles. The maximum absolute atomic E-state index is 11.8. The van der Waals surface area contributed by atoms with Crippen LogP contribution < -0.4 is 5.32 Å². The van der Waals surface area contributed by atoms with Gasteiger partial charge in [0.1, 0.15) is 6.04 Å². The van der Waals surface area contributed by atoms with Crippen molar-refractivity contribution in [2.45, 2.75) is 31.4 Å². The van der Waals surface area contributed by atoms with Crippen LogP contribution in [0.15, 0.2) is 12.7 Å². The van der Waals surface area contributed by atoms with Gasteiger partial charge in [-0.05, 0) is 19.3 Å². The summed E-state index contributed by atoms with van der Waals surface area (Å²) in [6.07, 6.45) is 3.68. The standard InChI is InChI=1S/C12H20N2O4/c1-3-5-10(11(15)16)13-12(17)14(2)8-9-6-4-7-18-9/h3,9-10H,1,4-8H2,2H3,(H,13,17)(H,15,16). The number of hydrogen-bond acceptors (Lipinski definition) is 3. The average molecular weight is 256 g/mol. The molecule has 0 saturated carbocycles. The number of nitrogens with one attached hydrogen (secondary N) is 1. The molecule has 102 valence electrons. The van der Waals surface area contributed by atoms with E-state index in [9.17, 15) is 9.59 Å². The van der Waals surface area contributed by atoms with Crippen molar-refractivity contribution < 1.29 is 19.4 Å². The van der Waals surface area contributed by atoms with Crippen molar-refractivity contribution in [2.24, 2.45) is 0 Å². The summed E-state index contributed by atoms with van der Waals surface area (Å²) in [7, 11) is 1.63. The second-order valence-corrected chi connectivity index (χ2v) is 4.38. The van der Waals surface area contributed by atoms with E-state index in [0.717, 1.165) is 19.4 Å². The Kier molecular flexibility index (Phi) is 5.64. The van der Waals surface area contributed by atoms with Crippen LogP contribution in [0.25, 0.3) is 0 Å². The fourth-order valence-electron chi connectivity index (χ4n) is 1.82. The molecule has 2 atom stereocenters. The van der Waals surface area contributed by atoms with Crippen LogP contribution >= 0.6 is 0 Å². The van der Waals surface area contributed by atoms with Gasteiger partial charge in [-0.3, -0.25) is 0 Å². The van der Waals surface area contributed by atoms with Crippen LogP contribution in [0.4, 0.5) is 4.79 Å². The first-order valence-corrected chi connectivity index (χ1v) is 6.01. The van der Waals surface area contributed by atoms with E-state index in [0.29, 0.717) is 6.54 Å². The van der Waals surface area contributed by atoms with Gasteiger partial charge in [0.25, 0.3) is 0 Å². The lowest BCUT2D eigenvalue weighted by Gasteiger charge is -2.23. The van der Waals surface area contributed by atoms with E-state index < -0.39 is 18.0 Å². The topological polar surface area (TPSA) is 78.9 Å². The second-order valence-electron chi connectivity index (χ2n) is 4.38. The predicted molar refractivity (Wildman–Crippen MR) is 66.4 cm³/mol. The molecule has 1 rings (SSSR count). The van der Waals surface area contributed by atoms with Crippen LogP contribution in [0, 0.1) is 0 Å². The first-order valence-electron chi connectivity index (χ1n) is 6.01. The summed E-state index contributed by atoms with van der Waals surface area (Å²) < 4.78 is 5.42. The third kappa shape index (κ3) is 4.37. The van der Waals surface area contributed by atoms with Gasteiger partial charge in [0.05, 0.1) is 6.10 Å². The van der Waals surface area contributed by atoms with Crippen molar-refractivity contribution in [3.05, 3.63) is 12.7 Å². The highest BCUT2D eigenvalue weighted by atomic mass is 16.5. The molecule has 6 nitrogen and oxygen atoms in total. The number of carboxylic acids is 1. The summed E-state index contributed by atoms with van der Waals surface area (Å²) in [4.78, 5) is 24.1. The summed E-state index contributed by atoms with van der Waals surface area (Å²) in [6, 6.07) is -1.33. The van der Waals surface area contributed by atoms with Gasteiger partial charge in [-0.25, -0.2) is 9.59 Å². The number of ether oxygens (including phenoxy) is 1. The molecule has 0 spiro atoms. The highest BCUT2D eigenvalue weighted by Gasteiger charge is 2.23. The zero-order chi connectivity index (χ0) is 13.5. The van der Waals surface area contributed by atoms with Crippen LogP contribution in [0.1, 0.15) is 19.3 Å². The third-order valence-electron chi connectivity index (χ3n) is 2.85. The highest BCUT2D eigenvalue weighted by Crippen LogP contribution is 2.12. The lowest BCUT2D eigenvalue weighted by molar-refractivity contribution is -0.139. The van der Waals surface area contributed by atoms with Gasteiger partial charge in [0, 0.05) is 20.2 Å². The Bertz CT molecular complexity index is 313. The second kappa shape index (κ2) is 7.00. The van der Waals surface area contributed by atoms with Crippen molar-refractivity contribution in [2.75, 3.05) is 20.2 Å². The normalized spacial score (nSPS) is 20.2. The molecule has 6 heteroatoms. The number of carboxylic acid groups (broad SMARTS) is 1. The van der Waals surface area contributed by atoms with Crippen molar-refractivity contribution in [1.82, 2.24) is 10.2 Å². The maximum atomic E-state index is 11.8. The van der Waals surface area contributed by atoms with E-state index in [2.05, 4.69) is 11.9 Å². The lowest BCUT2D eigenvalue weighted by Crippen LogP contribution is -2.48. The Morgan fingerprint density at radius 2 is 2.39 bits per heavy atom. The summed E-state index contributed by atoms with van der Waals surface area (Å²) in [5.41, 5.74) is 0. The molecule has 0 bridgehead atoms. The Morgan fingerprint density at radius 3 is 2.89 bits per heavy atom. The van der Waals surface area contributed by atoms with E-state index in [1.54, 1.807) is 7.05 Å². The molecule has 2 N–H and O–H groups in total. The van der Waals surface area contributed by atoms with E-state index in [1.165, 1.54) is 11.0 Å². The number of urea groups is 1. The van der Waals surface area contributed by atoms with Crippen molar-refractivity contribution >= 4 is 12.0 Å². The van der Waals surface area contributed by atoms with E-state index >= 15 is 0 Å². The molecule has 1 heterocycles. The molecular formula is C12H20N2O4. The van der Waals surface area contributed by atoms with Gasteiger partial charge >= 0.3 is 12.0 Å².